The Hall–Kier alpha value is -1.10. The van der Waals surface area contributed by atoms with E-state index in [0.717, 1.165) is 17.1 Å². The Bertz CT molecular complexity index is 442. The molecule has 0 radical (unpaired) electrons. The van der Waals surface area contributed by atoms with E-state index in [9.17, 15) is 9.90 Å². The third-order valence-corrected chi connectivity index (χ3v) is 3.84. The molecule has 1 amide bonds. The number of aliphatic hydroxyl groups excluding tert-OH is 1. The van der Waals surface area contributed by atoms with Crippen molar-refractivity contribution in [1.29, 1.82) is 0 Å². The summed E-state index contributed by atoms with van der Waals surface area (Å²) in [4.78, 5) is 16.0. The van der Waals surface area contributed by atoms with Crippen molar-refractivity contribution in [3.8, 4) is 0 Å². The zero-order valence-corrected chi connectivity index (χ0v) is 12.5. The Morgan fingerprint density at radius 1 is 1.35 bits per heavy atom. The molecule has 1 aliphatic rings. The highest BCUT2D eigenvalue weighted by Crippen LogP contribution is 2.12. The van der Waals surface area contributed by atoms with Crippen LogP contribution in [0.3, 0.4) is 0 Å². The van der Waals surface area contributed by atoms with Crippen LogP contribution < -0.4 is 0 Å². The summed E-state index contributed by atoms with van der Waals surface area (Å²) in [6.45, 7) is 2.45. The van der Waals surface area contributed by atoms with Crippen LogP contribution >= 0.6 is 11.6 Å². The molecule has 1 N–H and O–H groups in total. The number of nitrogens with zero attached hydrogens (tertiary/aromatic N) is 2. The van der Waals surface area contributed by atoms with Gasteiger partial charge in [0.05, 0.1) is 12.6 Å². The molecule has 20 heavy (non-hydrogen) atoms. The number of halogens is 1. The van der Waals surface area contributed by atoms with Crippen molar-refractivity contribution in [2.75, 3.05) is 26.7 Å². The van der Waals surface area contributed by atoms with Crippen molar-refractivity contribution in [2.45, 2.75) is 25.5 Å². The third-order valence-electron chi connectivity index (χ3n) is 3.59. The van der Waals surface area contributed by atoms with Gasteiger partial charge in [-0.2, -0.15) is 0 Å². The summed E-state index contributed by atoms with van der Waals surface area (Å²) >= 11 is 5.85. The number of piperidine rings is 1. The number of hydrogen-bond donors (Lipinski definition) is 1. The molecule has 0 unspecified atom stereocenters. The standard InChI is InChI=1S/C15H21ClN2O2/c1-17(10-12-2-4-13(16)5-3-12)11-15(20)18-8-6-14(19)7-9-18/h2-5,14,19H,6-11H2,1H3. The lowest BCUT2D eigenvalue weighted by Crippen LogP contribution is -2.44. The van der Waals surface area contributed by atoms with Gasteiger partial charge in [0, 0.05) is 24.7 Å². The maximum Gasteiger partial charge on any atom is 0.236 e. The highest BCUT2D eigenvalue weighted by molar-refractivity contribution is 6.30. The van der Waals surface area contributed by atoms with E-state index in [-0.39, 0.29) is 12.0 Å². The fraction of sp³-hybridized carbons (Fsp3) is 0.533. The molecule has 0 aromatic heterocycles. The van der Waals surface area contributed by atoms with Gasteiger partial charge in [-0.3, -0.25) is 9.69 Å². The van der Waals surface area contributed by atoms with Crippen molar-refractivity contribution in [3.05, 3.63) is 34.9 Å². The quantitative estimate of drug-likeness (QED) is 0.921. The molecule has 1 aliphatic heterocycles. The number of likely N-dealkylation sites (N-methyl/N-ethyl adjacent to an activating group) is 1. The molecule has 1 aromatic carbocycles. The molecule has 0 spiro atoms. The Balaban J connectivity index is 1.80. The molecule has 1 aromatic rings. The molecule has 5 heteroatoms. The largest absolute Gasteiger partial charge is 0.393 e. The lowest BCUT2D eigenvalue weighted by Gasteiger charge is -2.31. The first-order valence-corrected chi connectivity index (χ1v) is 7.31. The van der Waals surface area contributed by atoms with Crippen molar-refractivity contribution >= 4 is 17.5 Å². The fourth-order valence-corrected chi connectivity index (χ4v) is 2.53. The average molecular weight is 297 g/mol. The highest BCUT2D eigenvalue weighted by atomic mass is 35.5. The van der Waals surface area contributed by atoms with Crippen LogP contribution in [0.2, 0.25) is 5.02 Å². The SMILES string of the molecule is CN(CC(=O)N1CCC(O)CC1)Cc1ccc(Cl)cc1. The number of benzene rings is 1. The second-order valence-corrected chi connectivity index (χ2v) is 5.85. The van der Waals surface area contributed by atoms with E-state index in [2.05, 4.69) is 0 Å². The van der Waals surface area contributed by atoms with E-state index in [4.69, 9.17) is 11.6 Å². The van der Waals surface area contributed by atoms with Crippen molar-refractivity contribution in [1.82, 2.24) is 9.80 Å². The zero-order chi connectivity index (χ0) is 14.5. The molecular weight excluding hydrogens is 276 g/mol. The maximum absolute atomic E-state index is 12.1. The molecule has 1 saturated heterocycles. The third kappa shape index (κ3) is 4.47. The van der Waals surface area contributed by atoms with Crippen LogP contribution in [-0.4, -0.2) is 53.6 Å². The summed E-state index contributed by atoms with van der Waals surface area (Å²) in [7, 11) is 1.94. The van der Waals surface area contributed by atoms with Crippen LogP contribution in [0.1, 0.15) is 18.4 Å². The van der Waals surface area contributed by atoms with E-state index in [0.29, 0.717) is 32.5 Å². The summed E-state index contributed by atoms with van der Waals surface area (Å²) < 4.78 is 0. The first-order valence-electron chi connectivity index (χ1n) is 6.93. The number of carbonyl (C=O) groups excluding carboxylic acids is 1. The van der Waals surface area contributed by atoms with Gasteiger partial charge in [-0.15, -0.1) is 0 Å². The minimum atomic E-state index is -0.245. The van der Waals surface area contributed by atoms with Crippen LogP contribution in [0, 0.1) is 0 Å². The van der Waals surface area contributed by atoms with Crippen LogP contribution in [0.15, 0.2) is 24.3 Å². The number of likely N-dealkylation sites (tertiary alicyclic amines) is 1. The van der Waals surface area contributed by atoms with Gasteiger partial charge in [0.1, 0.15) is 0 Å². The number of carbonyl (C=O) groups is 1. The Labute approximate surface area is 124 Å². The monoisotopic (exact) mass is 296 g/mol. The number of aliphatic hydroxyl groups is 1. The Morgan fingerprint density at radius 2 is 1.95 bits per heavy atom. The van der Waals surface area contributed by atoms with Crippen molar-refractivity contribution in [2.24, 2.45) is 0 Å². The summed E-state index contributed by atoms with van der Waals surface area (Å²) in [5.74, 6) is 0.133. The van der Waals surface area contributed by atoms with Gasteiger partial charge in [0.2, 0.25) is 5.91 Å². The predicted octanol–water partition coefficient (Wildman–Crippen LogP) is 1.76. The first-order chi connectivity index (χ1) is 9.54. The lowest BCUT2D eigenvalue weighted by atomic mass is 10.1. The molecule has 2 rings (SSSR count). The van der Waals surface area contributed by atoms with Crippen LogP contribution in [0.5, 0.6) is 0 Å². The van der Waals surface area contributed by atoms with Gasteiger partial charge >= 0.3 is 0 Å². The second-order valence-electron chi connectivity index (χ2n) is 5.41. The molecule has 0 bridgehead atoms. The average Bonchev–Trinajstić information content (AvgIpc) is 2.42. The molecule has 0 atom stereocenters. The van der Waals surface area contributed by atoms with Crippen LogP contribution in [0.25, 0.3) is 0 Å². The van der Waals surface area contributed by atoms with Gasteiger partial charge in [0.15, 0.2) is 0 Å². The minimum absolute atomic E-state index is 0.133. The van der Waals surface area contributed by atoms with Crippen molar-refractivity contribution < 1.29 is 9.90 Å². The molecule has 1 heterocycles. The maximum atomic E-state index is 12.1. The van der Waals surface area contributed by atoms with Gasteiger partial charge in [0.25, 0.3) is 0 Å². The molecule has 110 valence electrons. The zero-order valence-electron chi connectivity index (χ0n) is 11.8. The first kappa shape index (κ1) is 15.3. The Morgan fingerprint density at radius 3 is 2.55 bits per heavy atom. The van der Waals surface area contributed by atoms with E-state index in [1.807, 2.05) is 41.1 Å². The van der Waals surface area contributed by atoms with Gasteiger partial charge in [-0.05, 0) is 37.6 Å². The number of hydrogen-bond acceptors (Lipinski definition) is 3. The number of amides is 1. The van der Waals surface area contributed by atoms with E-state index < -0.39 is 0 Å². The van der Waals surface area contributed by atoms with Crippen LogP contribution in [-0.2, 0) is 11.3 Å². The second kappa shape index (κ2) is 7.07. The smallest absolute Gasteiger partial charge is 0.236 e. The minimum Gasteiger partial charge on any atom is -0.393 e. The normalized spacial score (nSPS) is 16.7. The molecular formula is C15H21ClN2O2. The molecule has 0 aliphatic carbocycles. The Kier molecular flexibility index (Phi) is 5.40. The van der Waals surface area contributed by atoms with E-state index in [1.165, 1.54) is 0 Å². The summed E-state index contributed by atoms with van der Waals surface area (Å²) in [6.07, 6.45) is 1.13. The van der Waals surface area contributed by atoms with E-state index in [1.54, 1.807) is 0 Å². The van der Waals surface area contributed by atoms with Gasteiger partial charge < -0.3 is 10.0 Å². The summed E-state index contributed by atoms with van der Waals surface area (Å²) in [5, 5.41) is 10.2. The fourth-order valence-electron chi connectivity index (χ4n) is 2.40. The highest BCUT2D eigenvalue weighted by Gasteiger charge is 2.21. The molecule has 4 nitrogen and oxygen atoms in total. The van der Waals surface area contributed by atoms with Crippen LogP contribution in [0.4, 0.5) is 0 Å². The van der Waals surface area contributed by atoms with Gasteiger partial charge in [-0.25, -0.2) is 0 Å². The molecule has 0 saturated carbocycles. The number of rotatable bonds is 4. The summed E-state index contributed by atoms with van der Waals surface area (Å²) in [6, 6.07) is 7.66. The summed E-state index contributed by atoms with van der Waals surface area (Å²) in [5.41, 5.74) is 1.14. The molecule has 1 fully saturated rings. The lowest BCUT2D eigenvalue weighted by molar-refractivity contribution is -0.134. The topological polar surface area (TPSA) is 43.8 Å². The van der Waals surface area contributed by atoms with Gasteiger partial charge in [-0.1, -0.05) is 23.7 Å². The van der Waals surface area contributed by atoms with E-state index >= 15 is 0 Å². The predicted molar refractivity (Wildman–Crippen MR) is 79.6 cm³/mol. The van der Waals surface area contributed by atoms with Crippen molar-refractivity contribution in [3.63, 3.8) is 0 Å².